The van der Waals surface area contributed by atoms with Crippen molar-refractivity contribution in [3.8, 4) is 0 Å². The number of carbonyl (C=O) groups is 2. The molecule has 1 saturated heterocycles. The highest BCUT2D eigenvalue weighted by Gasteiger charge is 2.43. The molecule has 3 atom stereocenters. The molecule has 15 heteroatoms. The Morgan fingerprint density at radius 2 is 1.55 bits per heavy atom. The molecule has 0 radical (unpaired) electrons. The van der Waals surface area contributed by atoms with Crippen LogP contribution in [-0.2, 0) is 32.2 Å². The van der Waals surface area contributed by atoms with E-state index in [9.17, 15) is 26.3 Å². The number of ether oxygens (including phenoxy) is 2. The highest BCUT2D eigenvalue weighted by atomic mass is 19.4. The van der Waals surface area contributed by atoms with Crippen LogP contribution >= 0.6 is 0 Å². The molecule has 0 aromatic carbocycles. The van der Waals surface area contributed by atoms with Gasteiger partial charge in [-0.1, -0.05) is 6.07 Å². The van der Waals surface area contributed by atoms with Crippen molar-refractivity contribution in [2.75, 3.05) is 13.2 Å². The summed E-state index contributed by atoms with van der Waals surface area (Å²) in [6.07, 6.45) is -0.210. The fourth-order valence-electron chi connectivity index (χ4n) is 3.78. The Labute approximate surface area is 213 Å². The first-order chi connectivity index (χ1) is 17.8. The summed E-state index contributed by atoms with van der Waals surface area (Å²) in [6.45, 7) is 3.25. The molecule has 0 spiro atoms. The fraction of sp³-hybridized carbons (Fsp3) is 0.478. The number of hydrogen-bond donors (Lipinski definition) is 2. The van der Waals surface area contributed by atoms with Crippen LogP contribution in [0.25, 0.3) is 0 Å². The van der Waals surface area contributed by atoms with Crippen molar-refractivity contribution < 1.29 is 55.6 Å². The lowest BCUT2D eigenvalue weighted by molar-refractivity contribution is -0.193. The highest BCUT2D eigenvalue weighted by Crippen LogP contribution is 2.33. The number of pyridine rings is 2. The van der Waals surface area contributed by atoms with Crippen molar-refractivity contribution in [1.82, 2.24) is 14.9 Å². The minimum atomic E-state index is -5.08. The van der Waals surface area contributed by atoms with E-state index < -0.39 is 24.3 Å². The van der Waals surface area contributed by atoms with Gasteiger partial charge in [0.15, 0.2) is 0 Å². The minimum absolute atomic E-state index is 0.136. The third kappa shape index (κ3) is 10.2. The van der Waals surface area contributed by atoms with Crippen LogP contribution in [0.15, 0.2) is 49.1 Å². The zero-order valence-corrected chi connectivity index (χ0v) is 19.7. The number of nitrogens with zero attached hydrogens (tertiary/aromatic N) is 3. The van der Waals surface area contributed by atoms with Gasteiger partial charge in [0.1, 0.15) is 0 Å². The third-order valence-corrected chi connectivity index (χ3v) is 5.46. The first-order valence-electron chi connectivity index (χ1n) is 11.1. The standard InChI is InChI=1S/C19H23N3O2.2C2HF3O2/c1-2-16(12-21-7-1)13-22-10-11-23-18-4-3-17(22)19(18)24-14-15-5-8-20-9-6-15;2*3-2(4,5)1(6)7/h1-2,5-9,12,17-19H,3-4,10-11,13-14H2;2*(H,6,7). The molecule has 4 rings (SSSR count). The number of aromatic nitrogens is 2. The van der Waals surface area contributed by atoms with Gasteiger partial charge in [-0.25, -0.2) is 9.59 Å². The van der Waals surface area contributed by atoms with Crippen LogP contribution in [0.1, 0.15) is 24.0 Å². The number of fused-ring (bicyclic) bond motifs is 2. The van der Waals surface area contributed by atoms with E-state index in [0.29, 0.717) is 12.6 Å². The molecule has 3 unspecified atom stereocenters. The van der Waals surface area contributed by atoms with Crippen LogP contribution in [0.2, 0.25) is 0 Å². The molecule has 38 heavy (non-hydrogen) atoms. The van der Waals surface area contributed by atoms with Crippen LogP contribution in [0.5, 0.6) is 0 Å². The molecule has 1 saturated carbocycles. The Balaban J connectivity index is 0.000000301. The summed E-state index contributed by atoms with van der Waals surface area (Å²) in [6, 6.07) is 8.57. The summed E-state index contributed by atoms with van der Waals surface area (Å²) in [5.74, 6) is -5.51. The zero-order valence-electron chi connectivity index (χ0n) is 19.7. The second kappa shape index (κ2) is 14.0. The number of rotatable bonds is 5. The summed E-state index contributed by atoms with van der Waals surface area (Å²) in [5.41, 5.74) is 2.41. The van der Waals surface area contributed by atoms with E-state index in [1.54, 1.807) is 0 Å². The Hall–Kier alpha value is -3.30. The van der Waals surface area contributed by atoms with E-state index in [1.165, 1.54) is 5.56 Å². The summed E-state index contributed by atoms with van der Waals surface area (Å²) in [5, 5.41) is 14.2. The number of carboxylic acid groups (broad SMARTS) is 2. The van der Waals surface area contributed by atoms with Crippen LogP contribution < -0.4 is 0 Å². The van der Waals surface area contributed by atoms with Crippen molar-refractivity contribution in [3.05, 3.63) is 60.2 Å². The number of carboxylic acids is 2. The third-order valence-electron chi connectivity index (χ3n) is 5.46. The fourth-order valence-corrected chi connectivity index (χ4v) is 3.78. The maximum atomic E-state index is 10.6. The van der Waals surface area contributed by atoms with Gasteiger partial charge in [-0.15, -0.1) is 0 Å². The monoisotopic (exact) mass is 553 g/mol. The van der Waals surface area contributed by atoms with E-state index in [-0.39, 0.29) is 12.2 Å². The molecular formula is C23H25F6N3O6. The molecule has 2 fully saturated rings. The summed E-state index contributed by atoms with van der Waals surface area (Å²) in [4.78, 5) is 28.6. The summed E-state index contributed by atoms with van der Waals surface area (Å²) in [7, 11) is 0. The molecule has 1 aliphatic carbocycles. The molecule has 2 aliphatic rings. The topological polar surface area (TPSA) is 122 Å². The van der Waals surface area contributed by atoms with Crippen molar-refractivity contribution in [2.45, 2.75) is 56.6 Å². The minimum Gasteiger partial charge on any atom is -0.475 e. The molecule has 2 N–H and O–H groups in total. The van der Waals surface area contributed by atoms with E-state index in [2.05, 4.69) is 20.9 Å². The van der Waals surface area contributed by atoms with E-state index in [1.807, 2.05) is 43.0 Å². The van der Waals surface area contributed by atoms with Gasteiger partial charge in [0.25, 0.3) is 0 Å². The second-order valence-corrected chi connectivity index (χ2v) is 8.12. The average Bonchev–Trinajstić information content (AvgIpc) is 3.17. The molecule has 2 aromatic heterocycles. The maximum Gasteiger partial charge on any atom is 0.490 e. The lowest BCUT2D eigenvalue weighted by atomic mass is 10.1. The van der Waals surface area contributed by atoms with Gasteiger partial charge in [0.05, 0.1) is 25.4 Å². The average molecular weight is 553 g/mol. The second-order valence-electron chi connectivity index (χ2n) is 8.12. The van der Waals surface area contributed by atoms with Crippen molar-refractivity contribution in [2.24, 2.45) is 0 Å². The summed E-state index contributed by atoms with van der Waals surface area (Å²) >= 11 is 0. The Bertz CT molecular complexity index is 986. The van der Waals surface area contributed by atoms with E-state index in [0.717, 1.165) is 38.1 Å². The number of hydrogen-bond acceptors (Lipinski definition) is 7. The van der Waals surface area contributed by atoms with Crippen molar-refractivity contribution in [1.29, 1.82) is 0 Å². The van der Waals surface area contributed by atoms with Gasteiger partial charge >= 0.3 is 24.3 Å². The van der Waals surface area contributed by atoms with Crippen molar-refractivity contribution >= 4 is 11.9 Å². The molecule has 9 nitrogen and oxygen atoms in total. The molecular weight excluding hydrogens is 528 g/mol. The normalized spacial score (nSPS) is 21.3. The molecule has 2 bridgehead atoms. The molecule has 0 amide bonds. The lowest BCUT2D eigenvalue weighted by Gasteiger charge is -2.31. The van der Waals surface area contributed by atoms with Crippen LogP contribution in [-0.4, -0.2) is 80.8 Å². The van der Waals surface area contributed by atoms with Crippen LogP contribution in [0, 0.1) is 0 Å². The lowest BCUT2D eigenvalue weighted by Crippen LogP contribution is -2.42. The van der Waals surface area contributed by atoms with Gasteiger partial charge in [-0.2, -0.15) is 26.3 Å². The van der Waals surface area contributed by atoms with Gasteiger partial charge in [0.2, 0.25) is 0 Å². The predicted octanol–water partition coefficient (Wildman–Crippen LogP) is 3.69. The van der Waals surface area contributed by atoms with Crippen molar-refractivity contribution in [3.63, 3.8) is 0 Å². The van der Waals surface area contributed by atoms with Gasteiger partial charge < -0.3 is 19.7 Å². The Kier molecular flexibility index (Phi) is 11.4. The van der Waals surface area contributed by atoms with Gasteiger partial charge in [0, 0.05) is 43.9 Å². The highest BCUT2D eigenvalue weighted by molar-refractivity contribution is 5.73. The van der Waals surface area contributed by atoms with E-state index in [4.69, 9.17) is 29.3 Å². The van der Waals surface area contributed by atoms with E-state index >= 15 is 0 Å². The SMILES string of the molecule is O=C(O)C(F)(F)F.O=C(O)C(F)(F)F.c1cncc(CN2CCOC3CCC2C3OCc2ccncc2)c1. The van der Waals surface area contributed by atoms with Gasteiger partial charge in [-0.05, 0) is 42.2 Å². The molecule has 3 heterocycles. The Morgan fingerprint density at radius 3 is 2.08 bits per heavy atom. The quantitative estimate of drug-likeness (QED) is 0.534. The molecule has 1 aliphatic heterocycles. The number of halogens is 6. The first-order valence-corrected chi connectivity index (χ1v) is 11.1. The number of aliphatic carboxylic acids is 2. The molecule has 210 valence electrons. The summed E-state index contributed by atoms with van der Waals surface area (Å²) < 4.78 is 75.8. The smallest absolute Gasteiger partial charge is 0.475 e. The first kappa shape index (κ1) is 30.9. The number of alkyl halides is 6. The zero-order chi connectivity index (χ0) is 28.3. The largest absolute Gasteiger partial charge is 0.490 e. The Morgan fingerprint density at radius 1 is 0.947 bits per heavy atom. The maximum absolute atomic E-state index is 10.6. The van der Waals surface area contributed by atoms with Crippen LogP contribution in [0.3, 0.4) is 0 Å². The molecule has 2 aromatic rings. The van der Waals surface area contributed by atoms with Crippen LogP contribution in [0.4, 0.5) is 26.3 Å². The van der Waals surface area contributed by atoms with Gasteiger partial charge in [-0.3, -0.25) is 14.9 Å². The predicted molar refractivity (Wildman–Crippen MR) is 118 cm³/mol.